The Hall–Kier alpha value is -2.27. The van der Waals surface area contributed by atoms with Crippen molar-refractivity contribution >= 4 is 5.91 Å². The van der Waals surface area contributed by atoms with Gasteiger partial charge in [0.25, 0.3) is 5.91 Å². The van der Waals surface area contributed by atoms with E-state index in [-0.39, 0.29) is 18.7 Å². The van der Waals surface area contributed by atoms with Crippen molar-refractivity contribution < 1.29 is 18.7 Å². The van der Waals surface area contributed by atoms with Crippen LogP contribution in [0.3, 0.4) is 0 Å². The first kappa shape index (κ1) is 16.6. The maximum Gasteiger partial charge on any atom is 0.254 e. The third-order valence-electron chi connectivity index (χ3n) is 4.65. The lowest BCUT2D eigenvalue weighted by Gasteiger charge is -2.23. The summed E-state index contributed by atoms with van der Waals surface area (Å²) in [4.78, 5) is 13.9. The average Bonchev–Trinajstić information content (AvgIpc) is 2.96. The largest absolute Gasteiger partial charge is 0.393 e. The standard InChI is InChI=1S/C19H19F2NO2/c1-13-7-8-15(9-17(13)20)18(24)22-10-16(19(21,11-22)12-23)14-5-3-2-4-6-14/h2-9,16,23H,10-12H2,1H3/t16-,19-/m1/s1. The molecule has 2 atom stereocenters. The maximum atomic E-state index is 15.1. The number of aliphatic hydroxyl groups excluding tert-OH is 1. The van der Waals surface area contributed by atoms with Crippen LogP contribution in [0.4, 0.5) is 8.78 Å². The Balaban J connectivity index is 1.88. The van der Waals surface area contributed by atoms with Crippen molar-refractivity contribution in [3.8, 4) is 0 Å². The van der Waals surface area contributed by atoms with E-state index in [2.05, 4.69) is 0 Å². The fourth-order valence-corrected chi connectivity index (χ4v) is 3.19. The number of aliphatic hydroxyl groups is 1. The molecule has 0 bridgehead atoms. The van der Waals surface area contributed by atoms with Crippen molar-refractivity contribution in [3.63, 3.8) is 0 Å². The smallest absolute Gasteiger partial charge is 0.254 e. The van der Waals surface area contributed by atoms with Gasteiger partial charge in [-0.15, -0.1) is 0 Å². The molecule has 1 saturated heterocycles. The third-order valence-corrected chi connectivity index (χ3v) is 4.65. The quantitative estimate of drug-likeness (QED) is 0.939. The average molecular weight is 331 g/mol. The molecule has 1 amide bonds. The van der Waals surface area contributed by atoms with Crippen molar-refractivity contribution in [3.05, 3.63) is 71.0 Å². The van der Waals surface area contributed by atoms with E-state index in [1.807, 2.05) is 6.07 Å². The molecule has 0 aromatic heterocycles. The van der Waals surface area contributed by atoms with Crippen LogP contribution in [0.25, 0.3) is 0 Å². The lowest BCUT2D eigenvalue weighted by molar-refractivity contribution is 0.0575. The maximum absolute atomic E-state index is 15.1. The number of halogens is 2. The normalized spacial score (nSPS) is 23.5. The summed E-state index contributed by atoms with van der Waals surface area (Å²) in [5.41, 5.74) is -0.530. The Morgan fingerprint density at radius 3 is 2.62 bits per heavy atom. The molecular weight excluding hydrogens is 312 g/mol. The molecule has 5 heteroatoms. The summed E-state index contributed by atoms with van der Waals surface area (Å²) in [6.45, 7) is 0.884. The Morgan fingerprint density at radius 2 is 2.00 bits per heavy atom. The fraction of sp³-hybridized carbons (Fsp3) is 0.316. The minimum atomic E-state index is -1.90. The zero-order chi connectivity index (χ0) is 17.3. The number of amides is 1. The van der Waals surface area contributed by atoms with Crippen molar-refractivity contribution in [2.24, 2.45) is 0 Å². The molecule has 2 aromatic rings. The van der Waals surface area contributed by atoms with Crippen LogP contribution in [-0.4, -0.2) is 41.3 Å². The number of carbonyl (C=O) groups is 1. The van der Waals surface area contributed by atoms with Gasteiger partial charge in [-0.3, -0.25) is 4.79 Å². The van der Waals surface area contributed by atoms with Gasteiger partial charge in [-0.1, -0.05) is 36.4 Å². The summed E-state index contributed by atoms with van der Waals surface area (Å²) in [5, 5.41) is 9.53. The molecule has 1 aliphatic rings. The molecule has 24 heavy (non-hydrogen) atoms. The van der Waals surface area contributed by atoms with Crippen molar-refractivity contribution in [2.75, 3.05) is 19.7 Å². The van der Waals surface area contributed by atoms with E-state index >= 15 is 4.39 Å². The minimum absolute atomic E-state index is 0.148. The highest BCUT2D eigenvalue weighted by Gasteiger charge is 2.49. The predicted octanol–water partition coefficient (Wildman–Crippen LogP) is 3.07. The molecule has 0 aliphatic carbocycles. The van der Waals surface area contributed by atoms with Crippen molar-refractivity contribution in [1.29, 1.82) is 0 Å². The van der Waals surface area contributed by atoms with E-state index in [0.29, 0.717) is 5.56 Å². The van der Waals surface area contributed by atoms with Gasteiger partial charge in [0.05, 0.1) is 13.2 Å². The SMILES string of the molecule is Cc1ccc(C(=O)N2C[C@H](c3ccccc3)[C@](F)(CO)C2)cc1F. The zero-order valence-electron chi connectivity index (χ0n) is 13.4. The van der Waals surface area contributed by atoms with Gasteiger partial charge >= 0.3 is 0 Å². The number of hydrogen-bond acceptors (Lipinski definition) is 2. The summed E-state index contributed by atoms with van der Waals surface area (Å²) in [6, 6.07) is 13.2. The summed E-state index contributed by atoms with van der Waals surface area (Å²) >= 11 is 0. The van der Waals surface area contributed by atoms with Gasteiger partial charge in [-0.05, 0) is 30.2 Å². The van der Waals surface area contributed by atoms with Gasteiger partial charge in [-0.25, -0.2) is 8.78 Å². The highest BCUT2D eigenvalue weighted by atomic mass is 19.1. The summed E-state index contributed by atoms with van der Waals surface area (Å²) in [7, 11) is 0. The van der Waals surface area contributed by atoms with Crippen LogP contribution in [0.1, 0.15) is 27.4 Å². The molecule has 1 N–H and O–H groups in total. The van der Waals surface area contributed by atoms with Crippen LogP contribution in [0, 0.1) is 12.7 Å². The second-order valence-electron chi connectivity index (χ2n) is 6.31. The number of hydrogen-bond donors (Lipinski definition) is 1. The predicted molar refractivity (Wildman–Crippen MR) is 87.1 cm³/mol. The van der Waals surface area contributed by atoms with Gasteiger partial charge in [0.1, 0.15) is 5.82 Å². The summed E-state index contributed by atoms with van der Waals surface area (Å²) < 4.78 is 28.8. The molecule has 1 heterocycles. The van der Waals surface area contributed by atoms with E-state index < -0.39 is 29.9 Å². The first-order valence-electron chi connectivity index (χ1n) is 7.85. The first-order valence-corrected chi connectivity index (χ1v) is 7.85. The van der Waals surface area contributed by atoms with Crippen LogP contribution in [-0.2, 0) is 0 Å². The fourth-order valence-electron chi connectivity index (χ4n) is 3.19. The van der Waals surface area contributed by atoms with Gasteiger partial charge in [0.15, 0.2) is 5.67 Å². The molecule has 3 nitrogen and oxygen atoms in total. The molecule has 126 valence electrons. The molecule has 0 radical (unpaired) electrons. The first-order chi connectivity index (χ1) is 11.4. The second kappa shape index (κ2) is 6.32. The van der Waals surface area contributed by atoms with Crippen LogP contribution in [0.15, 0.2) is 48.5 Å². The van der Waals surface area contributed by atoms with Gasteiger partial charge in [0.2, 0.25) is 0 Å². The Labute approximate surface area is 139 Å². The van der Waals surface area contributed by atoms with Crippen molar-refractivity contribution in [2.45, 2.75) is 18.5 Å². The van der Waals surface area contributed by atoms with E-state index in [1.54, 1.807) is 31.2 Å². The Morgan fingerprint density at radius 1 is 1.29 bits per heavy atom. The molecule has 1 fully saturated rings. The number of alkyl halides is 1. The Kier molecular flexibility index (Phi) is 4.37. The van der Waals surface area contributed by atoms with E-state index in [9.17, 15) is 14.3 Å². The number of rotatable bonds is 3. The molecular formula is C19H19F2NO2. The van der Waals surface area contributed by atoms with Gasteiger partial charge in [-0.2, -0.15) is 0 Å². The van der Waals surface area contributed by atoms with Gasteiger partial charge < -0.3 is 10.0 Å². The number of likely N-dealkylation sites (tertiary alicyclic amines) is 1. The highest BCUT2D eigenvalue weighted by molar-refractivity contribution is 5.94. The summed E-state index contributed by atoms with van der Waals surface area (Å²) in [5.74, 6) is -1.50. The zero-order valence-corrected chi connectivity index (χ0v) is 13.4. The van der Waals surface area contributed by atoms with Crippen LogP contribution < -0.4 is 0 Å². The number of aryl methyl sites for hydroxylation is 1. The van der Waals surface area contributed by atoms with E-state index in [4.69, 9.17) is 0 Å². The van der Waals surface area contributed by atoms with Crippen LogP contribution in [0.5, 0.6) is 0 Å². The lowest BCUT2D eigenvalue weighted by atomic mass is 9.87. The second-order valence-corrected chi connectivity index (χ2v) is 6.31. The molecule has 0 saturated carbocycles. The van der Waals surface area contributed by atoms with E-state index in [1.165, 1.54) is 23.1 Å². The lowest BCUT2D eigenvalue weighted by Crippen LogP contribution is -2.37. The monoisotopic (exact) mass is 331 g/mol. The molecule has 1 aliphatic heterocycles. The minimum Gasteiger partial charge on any atom is -0.393 e. The third kappa shape index (κ3) is 2.91. The molecule has 0 spiro atoms. The van der Waals surface area contributed by atoms with Gasteiger partial charge in [0, 0.05) is 18.0 Å². The van der Waals surface area contributed by atoms with Crippen molar-refractivity contribution in [1.82, 2.24) is 4.90 Å². The molecule has 2 aromatic carbocycles. The van der Waals surface area contributed by atoms with E-state index in [0.717, 1.165) is 5.56 Å². The number of carbonyl (C=O) groups excluding carboxylic acids is 1. The number of benzene rings is 2. The van der Waals surface area contributed by atoms with Crippen LogP contribution in [0.2, 0.25) is 0 Å². The van der Waals surface area contributed by atoms with Crippen LogP contribution >= 0.6 is 0 Å². The Bertz CT molecular complexity index is 750. The summed E-state index contributed by atoms with van der Waals surface area (Å²) in [6.07, 6.45) is 0. The molecule has 3 rings (SSSR count). The highest BCUT2D eigenvalue weighted by Crippen LogP contribution is 2.39. The number of nitrogens with zero attached hydrogens (tertiary/aromatic N) is 1. The molecule has 0 unspecified atom stereocenters. The topological polar surface area (TPSA) is 40.5 Å².